The van der Waals surface area contributed by atoms with Crippen LogP contribution in [0.1, 0.15) is 32.1 Å². The van der Waals surface area contributed by atoms with Crippen LogP contribution in [0.2, 0.25) is 0 Å². The fourth-order valence-corrected chi connectivity index (χ4v) is 2.79. The van der Waals surface area contributed by atoms with Gasteiger partial charge in [0.2, 0.25) is 5.91 Å². The topological polar surface area (TPSA) is 88.7 Å². The van der Waals surface area contributed by atoms with E-state index in [1.807, 2.05) is 24.3 Å². The number of ether oxygens (including phenoxy) is 1. The first-order valence-electron chi connectivity index (χ1n) is 8.18. The largest absolute Gasteiger partial charge is 0.495 e. The average Bonchev–Trinajstić information content (AvgIpc) is 2.59. The van der Waals surface area contributed by atoms with Gasteiger partial charge in [-0.05, 0) is 25.0 Å². The third-order valence-corrected chi connectivity index (χ3v) is 4.04. The third kappa shape index (κ3) is 5.47. The van der Waals surface area contributed by atoms with Crippen LogP contribution >= 0.6 is 0 Å². The van der Waals surface area contributed by atoms with Gasteiger partial charge in [0.25, 0.3) is 0 Å². The number of methoxy groups -OCH3 is 1. The van der Waals surface area contributed by atoms with Crippen molar-refractivity contribution in [2.24, 2.45) is 16.6 Å². The fraction of sp³-hybridized carbons (Fsp3) is 0.529. The number of benzene rings is 1. The molecular formula is C17H26N4O2. The van der Waals surface area contributed by atoms with Crippen molar-refractivity contribution < 1.29 is 9.53 Å². The molecule has 126 valence electrons. The van der Waals surface area contributed by atoms with Crippen molar-refractivity contribution >= 4 is 17.6 Å². The van der Waals surface area contributed by atoms with Crippen LogP contribution in [0, 0.1) is 5.92 Å². The van der Waals surface area contributed by atoms with Crippen molar-refractivity contribution in [2.45, 2.75) is 32.1 Å². The summed E-state index contributed by atoms with van der Waals surface area (Å²) in [6, 6.07) is 7.49. The number of amides is 1. The summed E-state index contributed by atoms with van der Waals surface area (Å²) < 4.78 is 5.24. The van der Waals surface area contributed by atoms with E-state index < -0.39 is 0 Å². The number of carbonyl (C=O) groups is 1. The number of nitrogens with one attached hydrogen (secondary N) is 2. The Morgan fingerprint density at radius 3 is 2.78 bits per heavy atom. The molecule has 0 heterocycles. The summed E-state index contributed by atoms with van der Waals surface area (Å²) in [6.07, 6.45) is 5.58. The molecule has 1 saturated carbocycles. The number of guanidine groups is 1. The Labute approximate surface area is 137 Å². The molecule has 0 spiro atoms. The standard InChI is InChI=1S/C17H26N4O2/c1-23-15-10-6-5-9-14(15)21-17(18)20-12-11-19-16(22)13-7-3-2-4-8-13/h5-6,9-10,13H,2-4,7-8,11-12H2,1H3,(H,19,22)(H3,18,20,21). The highest BCUT2D eigenvalue weighted by Crippen LogP contribution is 2.23. The molecule has 0 unspecified atom stereocenters. The fourth-order valence-electron chi connectivity index (χ4n) is 2.79. The summed E-state index contributed by atoms with van der Waals surface area (Å²) in [5, 5.41) is 5.94. The highest BCUT2D eigenvalue weighted by molar-refractivity contribution is 5.93. The van der Waals surface area contributed by atoms with E-state index in [0.29, 0.717) is 24.8 Å². The predicted molar refractivity (Wildman–Crippen MR) is 92.7 cm³/mol. The van der Waals surface area contributed by atoms with Gasteiger partial charge in [-0.1, -0.05) is 31.4 Å². The van der Waals surface area contributed by atoms with E-state index in [1.165, 1.54) is 6.42 Å². The zero-order chi connectivity index (χ0) is 16.5. The minimum Gasteiger partial charge on any atom is -0.495 e. The van der Waals surface area contributed by atoms with E-state index in [4.69, 9.17) is 10.5 Å². The van der Waals surface area contributed by atoms with Crippen LogP contribution in [0.25, 0.3) is 0 Å². The van der Waals surface area contributed by atoms with E-state index in [-0.39, 0.29) is 11.8 Å². The van der Waals surface area contributed by atoms with Crippen molar-refractivity contribution in [3.05, 3.63) is 24.3 Å². The molecule has 0 bridgehead atoms. The molecule has 0 radical (unpaired) electrons. The molecule has 1 aromatic rings. The monoisotopic (exact) mass is 318 g/mol. The Kier molecular flexibility index (Phi) is 6.72. The molecule has 6 heteroatoms. The second-order valence-electron chi connectivity index (χ2n) is 5.72. The molecule has 4 N–H and O–H groups in total. The number of hydrogen-bond donors (Lipinski definition) is 3. The van der Waals surface area contributed by atoms with E-state index in [2.05, 4.69) is 15.6 Å². The number of hydrogen-bond acceptors (Lipinski definition) is 3. The van der Waals surface area contributed by atoms with Crippen LogP contribution < -0.4 is 21.1 Å². The smallest absolute Gasteiger partial charge is 0.223 e. The molecule has 0 saturated heterocycles. The van der Waals surface area contributed by atoms with Gasteiger partial charge in [0.1, 0.15) is 5.75 Å². The molecule has 0 aromatic heterocycles. The van der Waals surface area contributed by atoms with Gasteiger partial charge in [-0.15, -0.1) is 0 Å². The lowest BCUT2D eigenvalue weighted by Gasteiger charge is -2.20. The molecule has 1 aliphatic rings. The first-order valence-corrected chi connectivity index (χ1v) is 8.18. The van der Waals surface area contributed by atoms with Crippen LogP contribution in [-0.4, -0.2) is 32.1 Å². The number of para-hydroxylation sites is 2. The number of rotatable bonds is 6. The van der Waals surface area contributed by atoms with Gasteiger partial charge >= 0.3 is 0 Å². The van der Waals surface area contributed by atoms with Crippen LogP contribution in [0.3, 0.4) is 0 Å². The van der Waals surface area contributed by atoms with Gasteiger partial charge in [-0.3, -0.25) is 9.79 Å². The first-order chi connectivity index (χ1) is 11.2. The van der Waals surface area contributed by atoms with Crippen molar-refractivity contribution in [3.8, 4) is 5.75 Å². The lowest BCUT2D eigenvalue weighted by atomic mass is 9.89. The maximum absolute atomic E-state index is 12.0. The van der Waals surface area contributed by atoms with Gasteiger partial charge in [-0.2, -0.15) is 0 Å². The number of aliphatic imine (C=N–C) groups is 1. The summed E-state index contributed by atoms with van der Waals surface area (Å²) in [5.41, 5.74) is 6.63. The Balaban J connectivity index is 1.73. The lowest BCUT2D eigenvalue weighted by Crippen LogP contribution is -2.34. The molecule has 1 aliphatic carbocycles. The van der Waals surface area contributed by atoms with E-state index in [0.717, 1.165) is 31.4 Å². The second kappa shape index (κ2) is 9.02. The van der Waals surface area contributed by atoms with E-state index in [1.54, 1.807) is 7.11 Å². The second-order valence-corrected chi connectivity index (χ2v) is 5.72. The van der Waals surface area contributed by atoms with Crippen LogP contribution in [0.4, 0.5) is 5.69 Å². The predicted octanol–water partition coefficient (Wildman–Crippen LogP) is 2.12. The maximum Gasteiger partial charge on any atom is 0.223 e. The SMILES string of the molecule is COc1ccccc1NC(N)=NCCNC(=O)C1CCCCC1. The number of carbonyl (C=O) groups excluding carboxylic acids is 1. The zero-order valence-electron chi connectivity index (χ0n) is 13.7. The summed E-state index contributed by atoms with van der Waals surface area (Å²) in [6.45, 7) is 0.954. The van der Waals surface area contributed by atoms with E-state index in [9.17, 15) is 4.79 Å². The molecule has 1 aromatic carbocycles. The summed E-state index contributed by atoms with van der Waals surface area (Å²) in [7, 11) is 1.61. The Bertz CT molecular complexity index is 539. The minimum atomic E-state index is 0.149. The van der Waals surface area contributed by atoms with Crippen molar-refractivity contribution in [3.63, 3.8) is 0 Å². The quantitative estimate of drug-likeness (QED) is 0.426. The van der Waals surface area contributed by atoms with Crippen LogP contribution in [0.5, 0.6) is 5.75 Å². The van der Waals surface area contributed by atoms with Crippen molar-refractivity contribution in [1.82, 2.24) is 5.32 Å². The molecule has 0 atom stereocenters. The molecule has 23 heavy (non-hydrogen) atoms. The third-order valence-electron chi connectivity index (χ3n) is 4.04. The Hall–Kier alpha value is -2.24. The number of nitrogens with zero attached hydrogens (tertiary/aromatic N) is 1. The van der Waals surface area contributed by atoms with Crippen LogP contribution in [0.15, 0.2) is 29.3 Å². The number of nitrogens with two attached hydrogens (primary N) is 1. The average molecular weight is 318 g/mol. The van der Waals surface area contributed by atoms with Gasteiger partial charge < -0.3 is 21.1 Å². The maximum atomic E-state index is 12.0. The first kappa shape index (κ1) is 17.1. The highest BCUT2D eigenvalue weighted by Gasteiger charge is 2.20. The summed E-state index contributed by atoms with van der Waals surface area (Å²) in [4.78, 5) is 16.2. The lowest BCUT2D eigenvalue weighted by molar-refractivity contribution is -0.125. The molecular weight excluding hydrogens is 292 g/mol. The molecule has 0 aliphatic heterocycles. The van der Waals surface area contributed by atoms with Crippen LogP contribution in [-0.2, 0) is 4.79 Å². The summed E-state index contributed by atoms with van der Waals surface area (Å²) in [5.74, 6) is 1.34. The zero-order valence-corrected chi connectivity index (χ0v) is 13.7. The van der Waals surface area contributed by atoms with Crippen molar-refractivity contribution in [1.29, 1.82) is 0 Å². The highest BCUT2D eigenvalue weighted by atomic mass is 16.5. The normalized spacial score (nSPS) is 16.0. The van der Waals surface area contributed by atoms with Crippen molar-refractivity contribution in [2.75, 3.05) is 25.5 Å². The summed E-state index contributed by atoms with van der Waals surface area (Å²) >= 11 is 0. The molecule has 2 rings (SSSR count). The van der Waals surface area contributed by atoms with E-state index >= 15 is 0 Å². The molecule has 1 fully saturated rings. The number of anilines is 1. The van der Waals surface area contributed by atoms with Gasteiger partial charge in [0.15, 0.2) is 5.96 Å². The molecule has 1 amide bonds. The van der Waals surface area contributed by atoms with Gasteiger partial charge in [0.05, 0.1) is 19.3 Å². The van der Waals surface area contributed by atoms with Gasteiger partial charge in [0, 0.05) is 12.5 Å². The molecule has 6 nitrogen and oxygen atoms in total. The minimum absolute atomic E-state index is 0.149. The Morgan fingerprint density at radius 2 is 2.04 bits per heavy atom. The van der Waals surface area contributed by atoms with Gasteiger partial charge in [-0.25, -0.2) is 0 Å². The Morgan fingerprint density at radius 1 is 1.30 bits per heavy atom.